The molecule has 0 amide bonds. The van der Waals surface area contributed by atoms with Gasteiger partial charge in [0, 0.05) is 11.9 Å². The van der Waals surface area contributed by atoms with Crippen molar-refractivity contribution in [3.8, 4) is 0 Å². The van der Waals surface area contributed by atoms with Gasteiger partial charge in [-0.25, -0.2) is 0 Å². The van der Waals surface area contributed by atoms with Crippen LogP contribution >= 0.6 is 0 Å². The van der Waals surface area contributed by atoms with E-state index in [-0.39, 0.29) is 0 Å². The first-order valence-electron chi connectivity index (χ1n) is 4.48. The number of aliphatic imine (C=N–C) groups is 1. The first kappa shape index (κ1) is 11.2. The molecule has 0 aromatic rings. The normalized spacial score (nSPS) is 14.6. The van der Waals surface area contributed by atoms with Crippen molar-refractivity contribution in [3.05, 3.63) is 11.4 Å². The monoisotopic (exact) mass is 168 g/mol. The number of hydrogen-bond acceptors (Lipinski definition) is 2. The zero-order valence-electron chi connectivity index (χ0n) is 8.76. The van der Waals surface area contributed by atoms with Crippen molar-refractivity contribution in [2.45, 2.75) is 34.6 Å². The summed E-state index contributed by atoms with van der Waals surface area (Å²) in [6, 6.07) is 0. The standard InChI is InChI=1S/C10H20N2/c1-6-12-10(8(4)5)9(11)7(2)3/h6-8H,11H2,1-5H3/b10-9-,12-6-. The highest BCUT2D eigenvalue weighted by Gasteiger charge is 2.08. The highest BCUT2D eigenvalue weighted by Crippen LogP contribution is 2.17. The molecule has 0 rings (SSSR count). The van der Waals surface area contributed by atoms with E-state index in [1.807, 2.05) is 6.92 Å². The van der Waals surface area contributed by atoms with Crippen LogP contribution in [0, 0.1) is 11.8 Å². The summed E-state index contributed by atoms with van der Waals surface area (Å²) in [6.45, 7) is 10.3. The van der Waals surface area contributed by atoms with Crippen molar-refractivity contribution in [1.29, 1.82) is 0 Å². The van der Waals surface area contributed by atoms with E-state index in [4.69, 9.17) is 5.73 Å². The fourth-order valence-electron chi connectivity index (χ4n) is 0.992. The fourth-order valence-corrected chi connectivity index (χ4v) is 0.992. The highest BCUT2D eigenvalue weighted by atomic mass is 14.8. The number of hydrogen-bond donors (Lipinski definition) is 1. The molecule has 2 nitrogen and oxygen atoms in total. The molecule has 0 atom stereocenters. The Morgan fingerprint density at radius 1 is 1.17 bits per heavy atom. The van der Waals surface area contributed by atoms with E-state index in [0.29, 0.717) is 11.8 Å². The van der Waals surface area contributed by atoms with Gasteiger partial charge in [0.05, 0.1) is 5.70 Å². The Labute approximate surface area is 75.6 Å². The van der Waals surface area contributed by atoms with Crippen LogP contribution in [0.2, 0.25) is 0 Å². The summed E-state index contributed by atoms with van der Waals surface area (Å²) >= 11 is 0. The molecular weight excluding hydrogens is 148 g/mol. The van der Waals surface area contributed by atoms with Crippen molar-refractivity contribution >= 4 is 6.21 Å². The topological polar surface area (TPSA) is 38.4 Å². The molecule has 0 aliphatic carbocycles. The quantitative estimate of drug-likeness (QED) is 0.646. The maximum Gasteiger partial charge on any atom is 0.0614 e. The minimum atomic E-state index is 0.381. The van der Waals surface area contributed by atoms with E-state index in [2.05, 4.69) is 32.7 Å². The minimum absolute atomic E-state index is 0.381. The lowest BCUT2D eigenvalue weighted by molar-refractivity contribution is 0.676. The van der Waals surface area contributed by atoms with Crippen LogP contribution < -0.4 is 5.73 Å². The number of nitrogens with two attached hydrogens (primary N) is 1. The number of allylic oxidation sites excluding steroid dienone is 2. The Balaban J connectivity index is 4.80. The molecule has 0 radical (unpaired) electrons. The van der Waals surface area contributed by atoms with Crippen molar-refractivity contribution < 1.29 is 0 Å². The lowest BCUT2D eigenvalue weighted by atomic mass is 10.0. The van der Waals surface area contributed by atoms with Crippen molar-refractivity contribution in [1.82, 2.24) is 0 Å². The summed E-state index contributed by atoms with van der Waals surface area (Å²) in [5.41, 5.74) is 7.84. The molecule has 0 saturated heterocycles. The predicted molar refractivity (Wildman–Crippen MR) is 55.1 cm³/mol. The van der Waals surface area contributed by atoms with E-state index in [1.165, 1.54) is 0 Å². The largest absolute Gasteiger partial charge is 0.400 e. The van der Waals surface area contributed by atoms with Crippen molar-refractivity contribution in [2.24, 2.45) is 22.6 Å². The molecule has 0 aliphatic rings. The second kappa shape index (κ2) is 4.96. The second-order valence-corrected chi connectivity index (χ2v) is 3.54. The van der Waals surface area contributed by atoms with E-state index in [0.717, 1.165) is 11.4 Å². The van der Waals surface area contributed by atoms with Gasteiger partial charge in [-0.05, 0) is 18.8 Å². The summed E-state index contributed by atoms with van der Waals surface area (Å²) in [6.07, 6.45) is 1.80. The van der Waals surface area contributed by atoms with Gasteiger partial charge >= 0.3 is 0 Å². The van der Waals surface area contributed by atoms with Gasteiger partial charge in [-0.1, -0.05) is 27.7 Å². The molecule has 0 aromatic carbocycles. The third kappa shape index (κ3) is 3.07. The van der Waals surface area contributed by atoms with Crippen LogP contribution in [-0.2, 0) is 0 Å². The van der Waals surface area contributed by atoms with E-state index in [9.17, 15) is 0 Å². The van der Waals surface area contributed by atoms with Gasteiger partial charge in [-0.2, -0.15) is 0 Å². The van der Waals surface area contributed by atoms with Gasteiger partial charge in [0.1, 0.15) is 0 Å². The molecule has 0 spiro atoms. The first-order valence-corrected chi connectivity index (χ1v) is 4.48. The maximum atomic E-state index is 5.91. The minimum Gasteiger partial charge on any atom is -0.400 e. The number of nitrogens with zero attached hydrogens (tertiary/aromatic N) is 1. The van der Waals surface area contributed by atoms with E-state index < -0.39 is 0 Å². The SMILES string of the molecule is C/C=N\C(=C(/N)C(C)C)C(C)C. The summed E-state index contributed by atoms with van der Waals surface area (Å²) in [7, 11) is 0. The van der Waals surface area contributed by atoms with Crippen LogP contribution in [-0.4, -0.2) is 6.21 Å². The molecule has 2 heteroatoms. The van der Waals surface area contributed by atoms with Gasteiger partial charge in [0.15, 0.2) is 0 Å². The summed E-state index contributed by atoms with van der Waals surface area (Å²) in [5.74, 6) is 0.787. The van der Waals surface area contributed by atoms with Gasteiger partial charge in [0.25, 0.3) is 0 Å². The van der Waals surface area contributed by atoms with Crippen LogP contribution in [0.4, 0.5) is 0 Å². The fraction of sp³-hybridized carbons (Fsp3) is 0.700. The highest BCUT2D eigenvalue weighted by molar-refractivity contribution is 5.55. The lowest BCUT2D eigenvalue weighted by Gasteiger charge is -2.13. The average Bonchev–Trinajstić information content (AvgIpc) is 1.98. The van der Waals surface area contributed by atoms with E-state index in [1.54, 1.807) is 6.21 Å². The average molecular weight is 168 g/mol. The summed E-state index contributed by atoms with van der Waals surface area (Å²) in [5, 5.41) is 0. The van der Waals surface area contributed by atoms with Gasteiger partial charge in [0.2, 0.25) is 0 Å². The Kier molecular flexibility index (Phi) is 4.64. The van der Waals surface area contributed by atoms with Gasteiger partial charge < -0.3 is 5.73 Å². The molecule has 0 heterocycles. The van der Waals surface area contributed by atoms with Crippen LogP contribution in [0.5, 0.6) is 0 Å². The molecule has 0 fully saturated rings. The Morgan fingerprint density at radius 2 is 1.67 bits per heavy atom. The third-order valence-electron chi connectivity index (χ3n) is 1.73. The molecule has 0 saturated carbocycles. The molecule has 0 bridgehead atoms. The Bertz CT molecular complexity index is 188. The Morgan fingerprint density at radius 3 is 1.92 bits per heavy atom. The van der Waals surface area contributed by atoms with Crippen LogP contribution in [0.1, 0.15) is 34.6 Å². The predicted octanol–water partition coefficient (Wildman–Crippen LogP) is 2.56. The second-order valence-electron chi connectivity index (χ2n) is 3.54. The van der Waals surface area contributed by atoms with Crippen molar-refractivity contribution in [3.63, 3.8) is 0 Å². The smallest absolute Gasteiger partial charge is 0.0614 e. The zero-order valence-corrected chi connectivity index (χ0v) is 8.76. The molecule has 2 N–H and O–H groups in total. The third-order valence-corrected chi connectivity index (χ3v) is 1.73. The summed E-state index contributed by atoms with van der Waals surface area (Å²) < 4.78 is 0. The molecule has 0 aliphatic heterocycles. The lowest BCUT2D eigenvalue weighted by Crippen LogP contribution is -2.11. The molecule has 70 valence electrons. The maximum absolute atomic E-state index is 5.91. The first-order chi connectivity index (χ1) is 5.50. The van der Waals surface area contributed by atoms with Crippen LogP contribution in [0.15, 0.2) is 16.4 Å². The molecule has 12 heavy (non-hydrogen) atoms. The number of rotatable bonds is 3. The van der Waals surface area contributed by atoms with Crippen molar-refractivity contribution in [2.75, 3.05) is 0 Å². The van der Waals surface area contributed by atoms with E-state index >= 15 is 0 Å². The van der Waals surface area contributed by atoms with Crippen LogP contribution in [0.3, 0.4) is 0 Å². The van der Waals surface area contributed by atoms with Gasteiger partial charge in [-0.15, -0.1) is 0 Å². The molecule has 0 aromatic heterocycles. The van der Waals surface area contributed by atoms with Crippen LogP contribution in [0.25, 0.3) is 0 Å². The molecular formula is C10H20N2. The zero-order chi connectivity index (χ0) is 9.72. The van der Waals surface area contributed by atoms with Gasteiger partial charge in [-0.3, -0.25) is 4.99 Å². The Hall–Kier alpha value is -0.790. The summed E-state index contributed by atoms with van der Waals surface area (Å²) in [4.78, 5) is 4.27. The molecule has 0 unspecified atom stereocenters.